The summed E-state index contributed by atoms with van der Waals surface area (Å²) in [6.45, 7) is 1.95. The Labute approximate surface area is 88.5 Å². The van der Waals surface area contributed by atoms with E-state index < -0.39 is 6.10 Å². The van der Waals surface area contributed by atoms with E-state index >= 15 is 0 Å². The normalized spacial score (nSPS) is 12.4. The zero-order chi connectivity index (χ0) is 10.7. The summed E-state index contributed by atoms with van der Waals surface area (Å²) in [5, 5.41) is 10.0. The Morgan fingerprint density at radius 3 is 2.80 bits per heavy atom. The van der Waals surface area contributed by atoms with Crippen LogP contribution in [-0.2, 0) is 0 Å². The molecule has 2 rings (SSSR count). The molecule has 0 spiro atoms. The Hall–Kier alpha value is -1.74. The van der Waals surface area contributed by atoms with Crippen LogP contribution < -0.4 is 0 Å². The molecule has 0 fully saturated rings. The smallest absolute Gasteiger partial charge is 0.122 e. The van der Waals surface area contributed by atoms with Crippen LogP contribution in [0.4, 0.5) is 0 Å². The number of nitrogens with zero attached hydrogens (tertiary/aromatic N) is 2. The van der Waals surface area contributed by atoms with E-state index in [9.17, 15) is 5.11 Å². The molecule has 0 aliphatic rings. The molecule has 3 nitrogen and oxygen atoms in total. The number of aliphatic hydroxyl groups excluding tert-OH is 1. The van der Waals surface area contributed by atoms with Crippen LogP contribution in [-0.4, -0.2) is 15.1 Å². The van der Waals surface area contributed by atoms with E-state index in [1.807, 2.05) is 25.1 Å². The van der Waals surface area contributed by atoms with Gasteiger partial charge in [-0.3, -0.25) is 9.97 Å². The number of pyridine rings is 2. The SMILES string of the molecule is Cc1cncc(C(O)c2ccccn2)c1. The van der Waals surface area contributed by atoms with Crippen LogP contribution in [0.1, 0.15) is 22.9 Å². The van der Waals surface area contributed by atoms with Gasteiger partial charge in [0, 0.05) is 24.2 Å². The first-order valence-electron chi connectivity index (χ1n) is 4.78. The average Bonchev–Trinajstić information content (AvgIpc) is 2.29. The molecular formula is C12H12N2O. The van der Waals surface area contributed by atoms with Crippen molar-refractivity contribution in [1.29, 1.82) is 0 Å². The summed E-state index contributed by atoms with van der Waals surface area (Å²) in [6.07, 6.45) is 4.39. The lowest BCUT2D eigenvalue weighted by atomic mass is 10.1. The lowest BCUT2D eigenvalue weighted by molar-refractivity contribution is 0.215. The van der Waals surface area contributed by atoms with Gasteiger partial charge in [0.25, 0.3) is 0 Å². The van der Waals surface area contributed by atoms with Crippen LogP contribution in [0.2, 0.25) is 0 Å². The van der Waals surface area contributed by atoms with Crippen molar-refractivity contribution in [3.8, 4) is 0 Å². The molecule has 2 aromatic heterocycles. The van der Waals surface area contributed by atoms with Crippen LogP contribution in [0, 0.1) is 6.92 Å². The van der Waals surface area contributed by atoms with E-state index in [0.29, 0.717) is 5.69 Å². The van der Waals surface area contributed by atoms with Gasteiger partial charge in [0.15, 0.2) is 0 Å². The zero-order valence-corrected chi connectivity index (χ0v) is 8.46. The highest BCUT2D eigenvalue weighted by Crippen LogP contribution is 2.19. The molecule has 0 amide bonds. The van der Waals surface area contributed by atoms with Crippen LogP contribution in [0.15, 0.2) is 42.9 Å². The predicted octanol–water partition coefficient (Wildman–Crippen LogP) is 1.87. The van der Waals surface area contributed by atoms with Crippen molar-refractivity contribution < 1.29 is 5.11 Å². The largest absolute Gasteiger partial charge is 0.382 e. The second-order valence-corrected chi connectivity index (χ2v) is 3.45. The molecule has 2 heterocycles. The van der Waals surface area contributed by atoms with Crippen molar-refractivity contribution in [3.63, 3.8) is 0 Å². The van der Waals surface area contributed by atoms with Crippen molar-refractivity contribution in [2.75, 3.05) is 0 Å². The maximum absolute atomic E-state index is 10.0. The molecule has 0 aliphatic carbocycles. The summed E-state index contributed by atoms with van der Waals surface area (Å²) in [4.78, 5) is 8.15. The quantitative estimate of drug-likeness (QED) is 0.804. The van der Waals surface area contributed by atoms with Gasteiger partial charge in [-0.05, 0) is 24.6 Å². The van der Waals surface area contributed by atoms with Gasteiger partial charge in [0.05, 0.1) is 5.69 Å². The third kappa shape index (κ3) is 2.19. The summed E-state index contributed by atoms with van der Waals surface area (Å²) in [6, 6.07) is 7.39. The molecule has 0 aromatic carbocycles. The highest BCUT2D eigenvalue weighted by atomic mass is 16.3. The molecule has 1 N–H and O–H groups in total. The lowest BCUT2D eigenvalue weighted by Gasteiger charge is -2.09. The Kier molecular flexibility index (Phi) is 2.74. The first kappa shape index (κ1) is 9.80. The summed E-state index contributed by atoms with van der Waals surface area (Å²) in [7, 11) is 0. The molecule has 2 aromatic rings. The molecule has 3 heteroatoms. The van der Waals surface area contributed by atoms with E-state index in [0.717, 1.165) is 11.1 Å². The van der Waals surface area contributed by atoms with Gasteiger partial charge in [-0.1, -0.05) is 12.1 Å². The Bertz CT molecular complexity index is 442. The molecule has 0 radical (unpaired) electrons. The zero-order valence-electron chi connectivity index (χ0n) is 8.46. The van der Waals surface area contributed by atoms with Crippen LogP contribution in [0.5, 0.6) is 0 Å². The standard InChI is InChI=1S/C12H12N2O/c1-9-6-10(8-13-7-9)12(15)11-4-2-3-5-14-11/h2-8,12,15H,1H3. The van der Waals surface area contributed by atoms with Crippen LogP contribution in [0.25, 0.3) is 0 Å². The third-order valence-electron chi connectivity index (χ3n) is 2.18. The number of hydrogen-bond acceptors (Lipinski definition) is 3. The summed E-state index contributed by atoms with van der Waals surface area (Å²) in [5.74, 6) is 0. The maximum atomic E-state index is 10.0. The first-order chi connectivity index (χ1) is 7.27. The van der Waals surface area contributed by atoms with Gasteiger partial charge in [-0.25, -0.2) is 0 Å². The average molecular weight is 200 g/mol. The van der Waals surface area contributed by atoms with Gasteiger partial charge >= 0.3 is 0 Å². The van der Waals surface area contributed by atoms with E-state index in [1.54, 1.807) is 24.7 Å². The molecule has 1 unspecified atom stereocenters. The minimum atomic E-state index is -0.696. The monoisotopic (exact) mass is 200 g/mol. The molecule has 0 saturated carbocycles. The Morgan fingerprint density at radius 2 is 2.13 bits per heavy atom. The van der Waals surface area contributed by atoms with Gasteiger partial charge in [0.1, 0.15) is 6.10 Å². The highest BCUT2D eigenvalue weighted by molar-refractivity contribution is 5.25. The van der Waals surface area contributed by atoms with Crippen molar-refractivity contribution in [3.05, 3.63) is 59.7 Å². The molecule has 76 valence electrons. The van der Waals surface area contributed by atoms with E-state index in [4.69, 9.17) is 0 Å². The number of aliphatic hydroxyl groups is 1. The second-order valence-electron chi connectivity index (χ2n) is 3.45. The van der Waals surface area contributed by atoms with Gasteiger partial charge in [-0.15, -0.1) is 0 Å². The lowest BCUT2D eigenvalue weighted by Crippen LogP contribution is -2.02. The fourth-order valence-corrected chi connectivity index (χ4v) is 1.44. The number of aryl methyl sites for hydroxylation is 1. The minimum Gasteiger partial charge on any atom is -0.382 e. The summed E-state index contributed by atoms with van der Waals surface area (Å²) < 4.78 is 0. The third-order valence-corrected chi connectivity index (χ3v) is 2.18. The summed E-state index contributed by atoms with van der Waals surface area (Å²) in [5.41, 5.74) is 2.45. The number of rotatable bonds is 2. The molecule has 0 bridgehead atoms. The van der Waals surface area contributed by atoms with Crippen LogP contribution >= 0.6 is 0 Å². The van der Waals surface area contributed by atoms with Crippen molar-refractivity contribution in [1.82, 2.24) is 9.97 Å². The molecule has 0 aliphatic heterocycles. The van der Waals surface area contributed by atoms with Crippen molar-refractivity contribution >= 4 is 0 Å². The topological polar surface area (TPSA) is 46.0 Å². The van der Waals surface area contributed by atoms with Crippen molar-refractivity contribution in [2.24, 2.45) is 0 Å². The van der Waals surface area contributed by atoms with E-state index in [-0.39, 0.29) is 0 Å². The summed E-state index contributed by atoms with van der Waals surface area (Å²) >= 11 is 0. The Morgan fingerprint density at radius 1 is 1.27 bits per heavy atom. The fourth-order valence-electron chi connectivity index (χ4n) is 1.44. The predicted molar refractivity (Wildman–Crippen MR) is 57.3 cm³/mol. The van der Waals surface area contributed by atoms with Crippen LogP contribution in [0.3, 0.4) is 0 Å². The fraction of sp³-hybridized carbons (Fsp3) is 0.167. The van der Waals surface area contributed by atoms with Gasteiger partial charge < -0.3 is 5.11 Å². The van der Waals surface area contributed by atoms with Gasteiger partial charge in [-0.2, -0.15) is 0 Å². The highest BCUT2D eigenvalue weighted by Gasteiger charge is 2.11. The van der Waals surface area contributed by atoms with Gasteiger partial charge in [0.2, 0.25) is 0 Å². The number of aromatic nitrogens is 2. The molecule has 15 heavy (non-hydrogen) atoms. The molecule has 0 saturated heterocycles. The first-order valence-corrected chi connectivity index (χ1v) is 4.78. The second kappa shape index (κ2) is 4.19. The van der Waals surface area contributed by atoms with E-state index in [2.05, 4.69) is 9.97 Å². The van der Waals surface area contributed by atoms with Crippen molar-refractivity contribution in [2.45, 2.75) is 13.0 Å². The van der Waals surface area contributed by atoms with E-state index in [1.165, 1.54) is 0 Å². The number of hydrogen-bond donors (Lipinski definition) is 1. The Balaban J connectivity index is 2.32. The minimum absolute atomic E-state index is 0.643. The molecular weight excluding hydrogens is 188 g/mol. The maximum Gasteiger partial charge on any atom is 0.122 e. The molecule has 1 atom stereocenters.